The summed E-state index contributed by atoms with van der Waals surface area (Å²) in [6.45, 7) is -0.466. The number of aliphatic carboxylic acids is 1. The van der Waals surface area contributed by atoms with Crippen LogP contribution in [-0.4, -0.2) is 50.7 Å². The third-order valence-corrected chi connectivity index (χ3v) is 3.99. The van der Waals surface area contributed by atoms with E-state index in [9.17, 15) is 22.8 Å². The third kappa shape index (κ3) is 4.08. The highest BCUT2D eigenvalue weighted by atomic mass is 35.5. The number of carboxylic acids is 1. The molecule has 2 atom stereocenters. The Balaban J connectivity index is 3.03. The quantitative estimate of drug-likeness (QED) is 0.604. The molecular weight excluding hydrogens is 342 g/mol. The van der Waals surface area contributed by atoms with E-state index >= 15 is 0 Å². The van der Waals surface area contributed by atoms with E-state index in [0.717, 1.165) is 0 Å². The first-order valence-electron chi connectivity index (χ1n) is 5.58. The lowest BCUT2D eigenvalue weighted by Gasteiger charge is -2.40. The summed E-state index contributed by atoms with van der Waals surface area (Å²) in [5.74, 6) is -5.91. The van der Waals surface area contributed by atoms with E-state index in [0.29, 0.717) is 4.90 Å². The molecule has 0 radical (unpaired) electrons. The third-order valence-electron chi connectivity index (χ3n) is 3.01. The number of thiol groups is 1. The molecule has 0 aromatic carbocycles. The lowest BCUT2D eigenvalue weighted by molar-refractivity contribution is -0.188. The molecule has 1 rings (SSSR count). The number of halogens is 5. The van der Waals surface area contributed by atoms with Crippen molar-refractivity contribution in [2.45, 2.75) is 29.4 Å². The average Bonchev–Trinajstić information content (AvgIpc) is 2.25. The molecule has 0 bridgehead atoms. The molecule has 1 aliphatic heterocycles. The van der Waals surface area contributed by atoms with Crippen molar-refractivity contribution in [3.63, 3.8) is 0 Å². The van der Waals surface area contributed by atoms with Crippen LogP contribution in [0.1, 0.15) is 12.8 Å². The Morgan fingerprint density at radius 3 is 2.40 bits per heavy atom. The number of carbonyl (C=O) groups excluding carboxylic acids is 1. The highest BCUT2D eigenvalue weighted by Crippen LogP contribution is 2.37. The minimum Gasteiger partial charge on any atom is -0.480 e. The van der Waals surface area contributed by atoms with Crippen LogP contribution in [0.25, 0.3) is 0 Å². The van der Waals surface area contributed by atoms with E-state index < -0.39 is 46.6 Å². The van der Waals surface area contributed by atoms with Crippen LogP contribution in [0.5, 0.6) is 0 Å². The Bertz CT molecular complexity index is 406. The van der Waals surface area contributed by atoms with Gasteiger partial charge in [-0.05, 0) is 12.8 Å². The Kier molecular flexibility index (Phi) is 5.48. The summed E-state index contributed by atoms with van der Waals surface area (Å²) in [5, 5.41) is 9.00. The molecule has 0 spiro atoms. The molecule has 1 N–H and O–H groups in total. The van der Waals surface area contributed by atoms with Crippen molar-refractivity contribution in [2.24, 2.45) is 5.92 Å². The second-order valence-electron chi connectivity index (χ2n) is 4.49. The van der Waals surface area contributed by atoms with Crippen LogP contribution >= 0.6 is 35.8 Å². The van der Waals surface area contributed by atoms with Gasteiger partial charge in [0.05, 0.1) is 6.54 Å². The van der Waals surface area contributed by atoms with E-state index in [2.05, 4.69) is 12.6 Å². The van der Waals surface area contributed by atoms with Gasteiger partial charge in [-0.3, -0.25) is 4.79 Å². The van der Waals surface area contributed by atoms with Gasteiger partial charge in [0.2, 0.25) is 5.91 Å². The molecule has 116 valence electrons. The second-order valence-corrected chi connectivity index (χ2v) is 6.50. The minimum atomic E-state index is -4.80. The van der Waals surface area contributed by atoms with Crippen molar-refractivity contribution in [3.8, 4) is 0 Å². The first kappa shape index (κ1) is 17.7. The number of carboxylic acid groups (broad SMARTS) is 1. The maximum atomic E-state index is 12.7. The maximum Gasteiger partial charge on any atom is 0.401 e. The topological polar surface area (TPSA) is 57.6 Å². The Morgan fingerprint density at radius 1 is 1.45 bits per heavy atom. The molecule has 1 amide bonds. The van der Waals surface area contributed by atoms with Gasteiger partial charge in [-0.15, -0.1) is 0 Å². The van der Waals surface area contributed by atoms with Crippen LogP contribution < -0.4 is 0 Å². The average molecular weight is 354 g/mol. The molecule has 20 heavy (non-hydrogen) atoms. The molecule has 1 saturated heterocycles. The summed E-state index contributed by atoms with van der Waals surface area (Å²) >= 11 is 15.2. The van der Waals surface area contributed by atoms with Gasteiger partial charge in [0, 0.05) is 5.75 Å². The fourth-order valence-electron chi connectivity index (χ4n) is 1.95. The Morgan fingerprint density at radius 2 is 2.00 bits per heavy atom. The standard InChI is InChI=1S/C10H12Cl2F3NO3S/c11-9(12)2-1-6(8(18)19)16(4-9)7(17)5(3-20)10(13,14)15/h5-6,20H,1-4H2,(H,18,19). The van der Waals surface area contributed by atoms with Gasteiger partial charge in [0.15, 0.2) is 0 Å². The first-order chi connectivity index (χ1) is 8.99. The van der Waals surface area contributed by atoms with Crippen LogP contribution in [-0.2, 0) is 9.59 Å². The second kappa shape index (κ2) is 6.19. The number of nitrogens with zero attached hydrogens (tertiary/aromatic N) is 1. The van der Waals surface area contributed by atoms with Crippen LogP contribution in [0.3, 0.4) is 0 Å². The van der Waals surface area contributed by atoms with Crippen LogP contribution in [0.4, 0.5) is 13.2 Å². The van der Waals surface area contributed by atoms with Gasteiger partial charge in [-0.25, -0.2) is 4.79 Å². The number of piperidine rings is 1. The lowest BCUT2D eigenvalue weighted by atomic mass is 9.98. The predicted octanol–water partition coefficient (Wildman–Crippen LogP) is 2.34. The van der Waals surface area contributed by atoms with E-state index in [-0.39, 0.29) is 12.8 Å². The molecular formula is C10H12Cl2F3NO3S. The summed E-state index contributed by atoms with van der Waals surface area (Å²) in [5.41, 5.74) is 0. The van der Waals surface area contributed by atoms with E-state index in [1.165, 1.54) is 0 Å². The number of alkyl halides is 5. The van der Waals surface area contributed by atoms with Crippen LogP contribution in [0, 0.1) is 5.92 Å². The number of hydrogen-bond donors (Lipinski definition) is 2. The maximum absolute atomic E-state index is 12.7. The SMILES string of the molecule is O=C(O)C1CCC(Cl)(Cl)CN1C(=O)C(CS)C(F)(F)F. The molecule has 4 nitrogen and oxygen atoms in total. The fourth-order valence-corrected chi connectivity index (χ4v) is 2.79. The van der Waals surface area contributed by atoms with Crippen molar-refractivity contribution in [1.82, 2.24) is 4.90 Å². The summed E-state index contributed by atoms with van der Waals surface area (Å²) < 4.78 is 36.8. The van der Waals surface area contributed by atoms with Gasteiger partial charge in [0.25, 0.3) is 0 Å². The Hall–Kier alpha value is -0.340. The van der Waals surface area contributed by atoms with Crippen LogP contribution in [0.2, 0.25) is 0 Å². The zero-order valence-electron chi connectivity index (χ0n) is 10.0. The molecule has 0 aromatic heterocycles. The number of carbonyl (C=O) groups is 2. The Labute approximate surface area is 128 Å². The molecule has 1 heterocycles. The van der Waals surface area contributed by atoms with Crippen molar-refractivity contribution < 1.29 is 27.9 Å². The molecule has 0 aliphatic carbocycles. The molecule has 0 aromatic rings. The largest absolute Gasteiger partial charge is 0.480 e. The first-order valence-corrected chi connectivity index (χ1v) is 6.97. The lowest BCUT2D eigenvalue weighted by Crippen LogP contribution is -2.57. The number of amides is 1. The van der Waals surface area contributed by atoms with Crippen molar-refractivity contribution >= 4 is 47.7 Å². The zero-order valence-corrected chi connectivity index (χ0v) is 12.4. The number of likely N-dealkylation sites (tertiary alicyclic amines) is 1. The molecule has 2 unspecified atom stereocenters. The zero-order chi connectivity index (χ0) is 15.7. The summed E-state index contributed by atoms with van der Waals surface area (Å²) in [7, 11) is 0. The number of rotatable bonds is 3. The monoisotopic (exact) mass is 353 g/mol. The normalized spacial score (nSPS) is 24.3. The van der Waals surface area contributed by atoms with Crippen LogP contribution in [0.15, 0.2) is 0 Å². The van der Waals surface area contributed by atoms with Gasteiger partial charge < -0.3 is 10.0 Å². The predicted molar refractivity (Wildman–Crippen MR) is 70.2 cm³/mol. The van der Waals surface area contributed by atoms with E-state index in [4.69, 9.17) is 28.3 Å². The smallest absolute Gasteiger partial charge is 0.401 e. The highest BCUT2D eigenvalue weighted by molar-refractivity contribution is 7.80. The van der Waals surface area contributed by atoms with E-state index in [1.54, 1.807) is 0 Å². The highest BCUT2D eigenvalue weighted by Gasteiger charge is 2.50. The van der Waals surface area contributed by atoms with Gasteiger partial charge in [-0.1, -0.05) is 23.2 Å². The van der Waals surface area contributed by atoms with Gasteiger partial charge in [0.1, 0.15) is 16.3 Å². The number of hydrogen-bond acceptors (Lipinski definition) is 3. The molecule has 1 aliphatic rings. The van der Waals surface area contributed by atoms with Crippen molar-refractivity contribution in [1.29, 1.82) is 0 Å². The minimum absolute atomic E-state index is 0.0778. The summed E-state index contributed by atoms with van der Waals surface area (Å²) in [6.07, 6.45) is -4.83. The summed E-state index contributed by atoms with van der Waals surface area (Å²) in [6, 6.07) is -1.36. The van der Waals surface area contributed by atoms with Crippen molar-refractivity contribution in [2.75, 3.05) is 12.3 Å². The van der Waals surface area contributed by atoms with Gasteiger partial charge in [-0.2, -0.15) is 25.8 Å². The van der Waals surface area contributed by atoms with E-state index in [1.807, 2.05) is 0 Å². The van der Waals surface area contributed by atoms with Gasteiger partial charge >= 0.3 is 12.1 Å². The van der Waals surface area contributed by atoms with Crippen molar-refractivity contribution in [3.05, 3.63) is 0 Å². The fraction of sp³-hybridized carbons (Fsp3) is 0.800. The molecule has 10 heteroatoms. The summed E-state index contributed by atoms with van der Waals surface area (Å²) in [4.78, 5) is 23.6. The molecule has 1 fully saturated rings. The molecule has 0 saturated carbocycles.